The molecule has 3 nitrogen and oxygen atoms in total. The van der Waals surface area contributed by atoms with Crippen LogP contribution in [0.5, 0.6) is 0 Å². The minimum atomic E-state index is -0.192. The van der Waals surface area contributed by atoms with Crippen molar-refractivity contribution in [2.24, 2.45) is 5.41 Å². The second kappa shape index (κ2) is 4.22. The maximum Gasteiger partial charge on any atom is 0.254 e. The summed E-state index contributed by atoms with van der Waals surface area (Å²) in [6.45, 7) is 2.83. The Labute approximate surface area is 104 Å². The summed E-state index contributed by atoms with van der Waals surface area (Å²) in [5.74, 6) is -0.192. The minimum absolute atomic E-state index is 0.144. The zero-order valence-electron chi connectivity index (χ0n) is 8.89. The first-order valence-corrected chi connectivity index (χ1v) is 5.86. The maximum absolute atomic E-state index is 11.8. The first kappa shape index (κ1) is 11.7. The van der Waals surface area contributed by atoms with Crippen LogP contribution in [0.1, 0.15) is 30.1 Å². The Bertz CT molecular complexity index is 430. The Morgan fingerprint density at radius 1 is 1.50 bits per heavy atom. The molecule has 2 rings (SSSR count). The highest BCUT2D eigenvalue weighted by atomic mass is 35.5. The Morgan fingerprint density at radius 2 is 2.19 bits per heavy atom. The van der Waals surface area contributed by atoms with Crippen molar-refractivity contribution in [2.45, 2.75) is 19.8 Å². The molecule has 0 aliphatic heterocycles. The fourth-order valence-corrected chi connectivity index (χ4v) is 1.79. The number of aromatic nitrogens is 1. The molecule has 0 spiro atoms. The molecule has 1 N–H and O–H groups in total. The van der Waals surface area contributed by atoms with Gasteiger partial charge in [0, 0.05) is 6.54 Å². The van der Waals surface area contributed by atoms with Gasteiger partial charge in [-0.2, -0.15) is 0 Å². The van der Waals surface area contributed by atoms with Gasteiger partial charge in [-0.1, -0.05) is 30.1 Å². The molecule has 0 atom stereocenters. The van der Waals surface area contributed by atoms with Crippen LogP contribution in [-0.2, 0) is 0 Å². The molecule has 1 heterocycles. The van der Waals surface area contributed by atoms with Crippen molar-refractivity contribution in [2.75, 3.05) is 6.54 Å². The molecular weight excluding hydrogens is 247 g/mol. The predicted octanol–water partition coefficient (Wildman–Crippen LogP) is 2.92. The van der Waals surface area contributed by atoms with Gasteiger partial charge in [0.2, 0.25) is 0 Å². The van der Waals surface area contributed by atoms with Crippen molar-refractivity contribution < 1.29 is 4.79 Å². The van der Waals surface area contributed by atoms with Crippen molar-refractivity contribution in [3.05, 3.63) is 28.0 Å². The molecule has 5 heteroatoms. The quantitative estimate of drug-likeness (QED) is 0.848. The summed E-state index contributed by atoms with van der Waals surface area (Å²) in [6.07, 6.45) is 2.33. The molecule has 0 unspecified atom stereocenters. The van der Waals surface area contributed by atoms with Gasteiger partial charge in [0.25, 0.3) is 5.91 Å². The summed E-state index contributed by atoms with van der Waals surface area (Å²) in [5, 5.41) is 3.29. The van der Waals surface area contributed by atoms with E-state index in [4.69, 9.17) is 23.2 Å². The van der Waals surface area contributed by atoms with E-state index in [1.54, 1.807) is 12.1 Å². The van der Waals surface area contributed by atoms with E-state index in [9.17, 15) is 4.79 Å². The smallest absolute Gasteiger partial charge is 0.254 e. The number of hydrogen-bond donors (Lipinski definition) is 1. The number of carbonyl (C=O) groups is 1. The highest BCUT2D eigenvalue weighted by Crippen LogP contribution is 2.44. The average molecular weight is 259 g/mol. The van der Waals surface area contributed by atoms with E-state index < -0.39 is 0 Å². The lowest BCUT2D eigenvalue weighted by molar-refractivity contribution is 0.0946. The summed E-state index contributed by atoms with van der Waals surface area (Å²) < 4.78 is 0. The van der Waals surface area contributed by atoms with Crippen LogP contribution in [0.3, 0.4) is 0 Å². The normalized spacial score (nSPS) is 16.9. The standard InChI is InChI=1S/C11H12Cl2N2O/c1-11(4-5-11)6-14-10(16)7-2-3-8(12)15-9(7)13/h2-3H,4-6H2,1H3,(H,14,16). The number of pyridine rings is 1. The molecule has 0 saturated heterocycles. The van der Waals surface area contributed by atoms with E-state index in [0.29, 0.717) is 12.1 Å². The van der Waals surface area contributed by atoms with Gasteiger partial charge in [0.05, 0.1) is 5.56 Å². The highest BCUT2D eigenvalue weighted by Gasteiger charge is 2.37. The van der Waals surface area contributed by atoms with Gasteiger partial charge >= 0.3 is 0 Å². The Balaban J connectivity index is 2.02. The van der Waals surface area contributed by atoms with Gasteiger partial charge in [-0.25, -0.2) is 4.98 Å². The number of rotatable bonds is 3. The van der Waals surface area contributed by atoms with Crippen LogP contribution < -0.4 is 5.32 Å². The number of nitrogens with zero attached hydrogens (tertiary/aromatic N) is 1. The molecule has 0 radical (unpaired) electrons. The number of carbonyl (C=O) groups excluding carboxylic acids is 1. The van der Waals surface area contributed by atoms with Gasteiger partial charge in [-0.3, -0.25) is 4.79 Å². The minimum Gasteiger partial charge on any atom is -0.351 e. The zero-order valence-corrected chi connectivity index (χ0v) is 10.4. The van der Waals surface area contributed by atoms with Crippen LogP contribution in [-0.4, -0.2) is 17.4 Å². The molecule has 1 aromatic rings. The van der Waals surface area contributed by atoms with E-state index in [0.717, 1.165) is 0 Å². The van der Waals surface area contributed by atoms with Crippen molar-refractivity contribution in [1.82, 2.24) is 10.3 Å². The maximum atomic E-state index is 11.8. The first-order valence-electron chi connectivity index (χ1n) is 5.10. The zero-order chi connectivity index (χ0) is 11.8. The molecule has 0 bridgehead atoms. The molecule has 86 valence electrons. The average Bonchev–Trinajstić information content (AvgIpc) is 2.94. The lowest BCUT2D eigenvalue weighted by atomic mass is 10.1. The summed E-state index contributed by atoms with van der Waals surface area (Å²) in [5.41, 5.74) is 0.650. The third kappa shape index (κ3) is 2.66. The second-order valence-corrected chi connectivity index (χ2v) is 5.21. The SMILES string of the molecule is CC1(CNC(=O)c2ccc(Cl)nc2Cl)CC1. The Kier molecular flexibility index (Phi) is 3.08. The third-order valence-corrected chi connectivity index (χ3v) is 3.34. The van der Waals surface area contributed by atoms with Crippen LogP contribution in [0.25, 0.3) is 0 Å². The van der Waals surface area contributed by atoms with Crippen molar-refractivity contribution in [3.8, 4) is 0 Å². The molecule has 1 saturated carbocycles. The van der Waals surface area contributed by atoms with Gasteiger partial charge in [0.15, 0.2) is 0 Å². The largest absolute Gasteiger partial charge is 0.351 e. The Morgan fingerprint density at radius 3 is 2.75 bits per heavy atom. The summed E-state index contributed by atoms with van der Waals surface area (Å²) in [7, 11) is 0. The van der Waals surface area contributed by atoms with Crippen LogP contribution in [0.15, 0.2) is 12.1 Å². The molecule has 0 aromatic carbocycles. The molecule has 1 aliphatic rings. The Hall–Kier alpha value is -0.800. The fourth-order valence-electron chi connectivity index (χ4n) is 1.36. The number of nitrogens with one attached hydrogen (secondary N) is 1. The third-order valence-electron chi connectivity index (χ3n) is 2.84. The lowest BCUT2D eigenvalue weighted by Crippen LogP contribution is -2.29. The first-order chi connectivity index (χ1) is 7.50. The van der Waals surface area contributed by atoms with Gasteiger partial charge in [0.1, 0.15) is 10.3 Å². The van der Waals surface area contributed by atoms with Gasteiger partial charge < -0.3 is 5.32 Å². The van der Waals surface area contributed by atoms with Crippen molar-refractivity contribution >= 4 is 29.1 Å². The topological polar surface area (TPSA) is 42.0 Å². The molecule has 1 fully saturated rings. The van der Waals surface area contributed by atoms with E-state index in [2.05, 4.69) is 17.2 Å². The summed E-state index contributed by atoms with van der Waals surface area (Å²) in [4.78, 5) is 15.6. The van der Waals surface area contributed by atoms with Crippen LogP contribution in [0.2, 0.25) is 10.3 Å². The van der Waals surface area contributed by atoms with Crippen LogP contribution >= 0.6 is 23.2 Å². The number of amides is 1. The van der Waals surface area contributed by atoms with Gasteiger partial charge in [-0.15, -0.1) is 0 Å². The molecule has 1 aliphatic carbocycles. The number of hydrogen-bond acceptors (Lipinski definition) is 2. The lowest BCUT2D eigenvalue weighted by Gasteiger charge is -2.10. The summed E-state index contributed by atoms with van der Waals surface area (Å²) >= 11 is 11.5. The van der Waals surface area contributed by atoms with E-state index in [-0.39, 0.29) is 21.6 Å². The predicted molar refractivity (Wildman–Crippen MR) is 63.9 cm³/mol. The van der Waals surface area contributed by atoms with Crippen molar-refractivity contribution in [1.29, 1.82) is 0 Å². The van der Waals surface area contributed by atoms with Crippen molar-refractivity contribution in [3.63, 3.8) is 0 Å². The molecular formula is C11H12Cl2N2O. The van der Waals surface area contributed by atoms with E-state index in [1.165, 1.54) is 12.8 Å². The summed E-state index contributed by atoms with van der Waals surface area (Å²) in [6, 6.07) is 3.14. The molecule has 1 amide bonds. The van der Waals surface area contributed by atoms with Crippen LogP contribution in [0, 0.1) is 5.41 Å². The van der Waals surface area contributed by atoms with E-state index in [1.807, 2.05) is 0 Å². The van der Waals surface area contributed by atoms with E-state index >= 15 is 0 Å². The van der Waals surface area contributed by atoms with Gasteiger partial charge in [-0.05, 0) is 30.4 Å². The highest BCUT2D eigenvalue weighted by molar-refractivity contribution is 6.34. The fraction of sp³-hybridized carbons (Fsp3) is 0.455. The van der Waals surface area contributed by atoms with Crippen LogP contribution in [0.4, 0.5) is 0 Å². The monoisotopic (exact) mass is 258 g/mol. The molecule has 16 heavy (non-hydrogen) atoms. The number of halogens is 2. The second-order valence-electron chi connectivity index (χ2n) is 4.47. The molecule has 1 aromatic heterocycles.